The van der Waals surface area contributed by atoms with Gasteiger partial charge in [-0.3, -0.25) is 0 Å². The van der Waals surface area contributed by atoms with Crippen molar-refractivity contribution < 1.29 is 29.3 Å². The zero-order chi connectivity index (χ0) is 36.3. The fourth-order valence-electron chi connectivity index (χ4n) is 6.80. The van der Waals surface area contributed by atoms with E-state index < -0.39 is 11.9 Å². The van der Waals surface area contributed by atoms with Crippen molar-refractivity contribution in [3.8, 4) is 11.5 Å². The molecule has 50 heavy (non-hydrogen) atoms. The molecule has 290 valence electrons. The lowest BCUT2D eigenvalue weighted by atomic mass is 10.0. The summed E-state index contributed by atoms with van der Waals surface area (Å²) in [6.45, 7) is 5.28. The summed E-state index contributed by atoms with van der Waals surface area (Å²) in [4.78, 5) is 24.0. The van der Waals surface area contributed by atoms with Gasteiger partial charge in [0.1, 0.15) is 22.6 Å². The summed E-state index contributed by atoms with van der Waals surface area (Å²) < 4.78 is 11.6. The summed E-state index contributed by atoms with van der Waals surface area (Å²) in [5.74, 6) is -2.08. The van der Waals surface area contributed by atoms with E-state index in [4.69, 9.17) is 9.47 Å². The van der Waals surface area contributed by atoms with E-state index in [1.807, 2.05) is 0 Å². The molecule has 1 aromatic rings. The van der Waals surface area contributed by atoms with E-state index >= 15 is 0 Å². The molecular weight excluding hydrogens is 624 g/mol. The summed E-state index contributed by atoms with van der Waals surface area (Å²) in [6, 6.07) is 2.64. The summed E-state index contributed by atoms with van der Waals surface area (Å²) in [6.07, 6.45) is 41.1. The maximum absolute atomic E-state index is 12.0. The summed E-state index contributed by atoms with van der Waals surface area (Å²) in [5, 5.41) is 19.6. The van der Waals surface area contributed by atoms with Crippen LogP contribution in [0.15, 0.2) is 12.1 Å². The highest BCUT2D eigenvalue weighted by Crippen LogP contribution is 2.30. The number of benzene rings is 1. The average molecular weight is 703 g/mol. The predicted octanol–water partition coefficient (Wildman–Crippen LogP) is 14.4. The standard InChI is InChI=1S/C44H78O6/c1-3-5-7-9-11-13-15-17-19-21-23-25-27-29-31-33-35-49-41-37-40(44(47)48)42(38-39(41)43(45)46)50-36-34-32-30-28-26-24-22-20-18-16-14-12-10-8-6-4-2/h37-38H,3-36H2,1-2H3,(H,45,46)(H,47,48). The van der Waals surface area contributed by atoms with Crippen LogP contribution in [-0.4, -0.2) is 35.4 Å². The number of carbonyl (C=O) groups is 2. The van der Waals surface area contributed by atoms with Gasteiger partial charge in [0.25, 0.3) is 0 Å². The Morgan fingerprint density at radius 1 is 0.380 bits per heavy atom. The number of carboxylic acids is 2. The molecule has 6 nitrogen and oxygen atoms in total. The quantitative estimate of drug-likeness (QED) is 0.0666. The maximum atomic E-state index is 12.0. The third-order valence-electron chi connectivity index (χ3n) is 10.1. The Morgan fingerprint density at radius 3 is 0.780 bits per heavy atom. The molecule has 0 aromatic heterocycles. The molecule has 0 atom stereocenters. The lowest BCUT2D eigenvalue weighted by Gasteiger charge is -2.14. The van der Waals surface area contributed by atoms with Crippen LogP contribution in [-0.2, 0) is 0 Å². The third-order valence-corrected chi connectivity index (χ3v) is 10.1. The van der Waals surface area contributed by atoms with E-state index in [1.165, 1.54) is 179 Å². The van der Waals surface area contributed by atoms with Crippen molar-refractivity contribution in [1.82, 2.24) is 0 Å². The lowest BCUT2D eigenvalue weighted by molar-refractivity contribution is 0.0672. The average Bonchev–Trinajstić information content (AvgIpc) is 3.10. The molecule has 0 heterocycles. The Labute approximate surface area is 307 Å². The number of hydrogen-bond acceptors (Lipinski definition) is 4. The SMILES string of the molecule is CCCCCCCCCCCCCCCCCCOc1cc(C(=O)O)c(OCCCCCCCCCCCCCCCCCC)cc1C(=O)O. The minimum absolute atomic E-state index is 0.0477. The molecule has 0 aliphatic rings. The zero-order valence-corrected chi connectivity index (χ0v) is 32.7. The van der Waals surface area contributed by atoms with E-state index in [9.17, 15) is 19.8 Å². The molecule has 0 spiro atoms. The van der Waals surface area contributed by atoms with Gasteiger partial charge in [0.2, 0.25) is 0 Å². The molecule has 0 radical (unpaired) electrons. The second-order valence-corrected chi connectivity index (χ2v) is 14.8. The van der Waals surface area contributed by atoms with Gasteiger partial charge in [-0.2, -0.15) is 0 Å². The van der Waals surface area contributed by atoms with Crippen LogP contribution in [0.3, 0.4) is 0 Å². The van der Waals surface area contributed by atoms with Crippen molar-refractivity contribution in [2.45, 2.75) is 219 Å². The number of aromatic carboxylic acids is 2. The molecule has 0 bridgehead atoms. The van der Waals surface area contributed by atoms with E-state index in [-0.39, 0.29) is 22.6 Å². The minimum atomic E-state index is -1.14. The van der Waals surface area contributed by atoms with Gasteiger partial charge in [-0.15, -0.1) is 0 Å². The van der Waals surface area contributed by atoms with Crippen LogP contribution in [0.2, 0.25) is 0 Å². The molecule has 2 N–H and O–H groups in total. The molecule has 1 aromatic carbocycles. The van der Waals surface area contributed by atoms with Crippen LogP contribution in [0.1, 0.15) is 240 Å². The Kier molecular flexibility index (Phi) is 31.0. The maximum Gasteiger partial charge on any atom is 0.339 e. The highest BCUT2D eigenvalue weighted by molar-refractivity contribution is 5.97. The Morgan fingerprint density at radius 2 is 0.580 bits per heavy atom. The molecule has 0 saturated carbocycles. The lowest BCUT2D eigenvalue weighted by Crippen LogP contribution is -2.10. The predicted molar refractivity (Wildman–Crippen MR) is 210 cm³/mol. The monoisotopic (exact) mass is 703 g/mol. The normalized spacial score (nSPS) is 11.2. The van der Waals surface area contributed by atoms with Gasteiger partial charge in [0, 0.05) is 0 Å². The Hall–Kier alpha value is -2.24. The van der Waals surface area contributed by atoms with Crippen LogP contribution in [0.5, 0.6) is 11.5 Å². The number of ether oxygens (including phenoxy) is 2. The van der Waals surface area contributed by atoms with Crippen LogP contribution in [0.25, 0.3) is 0 Å². The van der Waals surface area contributed by atoms with Gasteiger partial charge in [-0.05, 0) is 25.0 Å². The Bertz CT molecular complexity index is 869. The first-order valence-corrected chi connectivity index (χ1v) is 21.4. The molecule has 0 amide bonds. The zero-order valence-electron chi connectivity index (χ0n) is 32.7. The summed E-state index contributed by atoms with van der Waals surface area (Å²) >= 11 is 0. The Balaban J connectivity index is 2.17. The van der Waals surface area contributed by atoms with Gasteiger partial charge in [0.15, 0.2) is 0 Å². The molecular formula is C44H78O6. The van der Waals surface area contributed by atoms with Crippen LogP contribution >= 0.6 is 0 Å². The van der Waals surface area contributed by atoms with Crippen LogP contribution in [0.4, 0.5) is 0 Å². The van der Waals surface area contributed by atoms with Crippen molar-refractivity contribution >= 4 is 11.9 Å². The van der Waals surface area contributed by atoms with E-state index in [1.54, 1.807) is 0 Å². The topological polar surface area (TPSA) is 93.1 Å². The van der Waals surface area contributed by atoms with Gasteiger partial charge in [0.05, 0.1) is 13.2 Å². The minimum Gasteiger partial charge on any atom is -0.493 e. The summed E-state index contributed by atoms with van der Waals surface area (Å²) in [7, 11) is 0. The number of carboxylic acid groups (broad SMARTS) is 2. The van der Waals surface area contributed by atoms with Crippen molar-refractivity contribution in [3.05, 3.63) is 23.3 Å². The molecule has 6 heteroatoms. The molecule has 0 unspecified atom stereocenters. The largest absolute Gasteiger partial charge is 0.493 e. The molecule has 0 saturated heterocycles. The van der Waals surface area contributed by atoms with E-state index in [2.05, 4.69) is 13.8 Å². The first kappa shape index (κ1) is 45.8. The molecule has 0 aliphatic heterocycles. The van der Waals surface area contributed by atoms with E-state index in [0.717, 1.165) is 38.5 Å². The van der Waals surface area contributed by atoms with Crippen molar-refractivity contribution in [3.63, 3.8) is 0 Å². The van der Waals surface area contributed by atoms with Crippen molar-refractivity contribution in [1.29, 1.82) is 0 Å². The van der Waals surface area contributed by atoms with Crippen molar-refractivity contribution in [2.24, 2.45) is 0 Å². The molecule has 0 fully saturated rings. The molecule has 1 rings (SSSR count). The second-order valence-electron chi connectivity index (χ2n) is 14.8. The van der Waals surface area contributed by atoms with Crippen molar-refractivity contribution in [2.75, 3.05) is 13.2 Å². The first-order valence-electron chi connectivity index (χ1n) is 21.4. The van der Waals surface area contributed by atoms with E-state index in [0.29, 0.717) is 13.2 Å². The van der Waals surface area contributed by atoms with Gasteiger partial charge < -0.3 is 19.7 Å². The molecule has 0 aliphatic carbocycles. The third kappa shape index (κ3) is 25.7. The first-order chi connectivity index (χ1) is 24.5. The number of rotatable bonds is 38. The fraction of sp³-hybridized carbons (Fsp3) is 0.818. The smallest absolute Gasteiger partial charge is 0.339 e. The van der Waals surface area contributed by atoms with Gasteiger partial charge in [-0.1, -0.05) is 206 Å². The van der Waals surface area contributed by atoms with Gasteiger partial charge >= 0.3 is 11.9 Å². The van der Waals surface area contributed by atoms with Crippen LogP contribution < -0.4 is 9.47 Å². The summed E-state index contributed by atoms with van der Waals surface area (Å²) in [5.41, 5.74) is -0.0954. The number of unbranched alkanes of at least 4 members (excludes halogenated alkanes) is 30. The second kappa shape index (κ2) is 33.9. The number of hydrogen-bond donors (Lipinski definition) is 2. The van der Waals surface area contributed by atoms with Crippen LogP contribution in [0, 0.1) is 0 Å². The van der Waals surface area contributed by atoms with Gasteiger partial charge in [-0.25, -0.2) is 9.59 Å². The highest BCUT2D eigenvalue weighted by Gasteiger charge is 2.21. The highest BCUT2D eigenvalue weighted by atomic mass is 16.5. The fourth-order valence-corrected chi connectivity index (χ4v) is 6.80.